The van der Waals surface area contributed by atoms with Crippen LogP contribution in [0.5, 0.6) is 0 Å². The number of rotatable bonds is 7. The topological polar surface area (TPSA) is 57.1 Å². The van der Waals surface area contributed by atoms with Crippen LogP contribution in [0.4, 0.5) is 13.2 Å². The van der Waals surface area contributed by atoms with Crippen molar-refractivity contribution in [3.63, 3.8) is 0 Å². The van der Waals surface area contributed by atoms with Gasteiger partial charge in [-0.3, -0.25) is 0 Å². The quantitative estimate of drug-likeness (QED) is 0.141. The first-order valence-corrected chi connectivity index (χ1v) is 10.3. The van der Waals surface area contributed by atoms with Gasteiger partial charge in [0, 0.05) is 21.0 Å². The van der Waals surface area contributed by atoms with Crippen LogP contribution >= 0.6 is 11.3 Å². The largest absolute Gasteiger partial charge is 0.503 e. The third-order valence-electron chi connectivity index (χ3n) is 4.61. The minimum absolute atomic E-state index is 0.100. The highest BCUT2D eigenvalue weighted by Gasteiger charge is 2.30. The van der Waals surface area contributed by atoms with Crippen molar-refractivity contribution in [3.05, 3.63) is 76.4 Å². The SMILES string of the molecule is COC=C(C(=O)OC)c1csc2ccc(CON=C(C)c3cccc(C(F)(F)F)c3)cc12. The van der Waals surface area contributed by atoms with Gasteiger partial charge >= 0.3 is 12.1 Å². The average Bonchev–Trinajstić information content (AvgIpc) is 3.19. The number of fused-ring (bicyclic) bond motifs is 1. The summed E-state index contributed by atoms with van der Waals surface area (Å²) in [5.74, 6) is -0.519. The number of esters is 1. The number of thiophene rings is 1. The van der Waals surface area contributed by atoms with Crippen molar-refractivity contribution in [2.45, 2.75) is 19.7 Å². The van der Waals surface area contributed by atoms with Crippen LogP contribution < -0.4 is 0 Å². The molecular formula is C23H20F3NO4S. The van der Waals surface area contributed by atoms with E-state index >= 15 is 0 Å². The van der Waals surface area contributed by atoms with Gasteiger partial charge in [-0.15, -0.1) is 11.3 Å². The Morgan fingerprint density at radius 1 is 1.16 bits per heavy atom. The molecule has 0 fully saturated rings. The Hall–Kier alpha value is -3.33. The van der Waals surface area contributed by atoms with E-state index in [0.717, 1.165) is 27.8 Å². The molecule has 5 nitrogen and oxygen atoms in total. The van der Waals surface area contributed by atoms with Crippen molar-refractivity contribution in [1.29, 1.82) is 0 Å². The van der Waals surface area contributed by atoms with Gasteiger partial charge in [0.15, 0.2) is 0 Å². The summed E-state index contributed by atoms with van der Waals surface area (Å²) in [5.41, 5.74) is 1.64. The molecule has 0 aliphatic rings. The molecule has 9 heteroatoms. The molecule has 0 aliphatic carbocycles. The molecule has 3 rings (SSSR count). The summed E-state index contributed by atoms with van der Waals surface area (Å²) in [7, 11) is 2.74. The molecule has 32 heavy (non-hydrogen) atoms. The van der Waals surface area contributed by atoms with Gasteiger partial charge < -0.3 is 14.3 Å². The summed E-state index contributed by atoms with van der Waals surface area (Å²) in [6.45, 7) is 1.68. The van der Waals surface area contributed by atoms with Crippen LogP contribution in [0, 0.1) is 0 Å². The number of hydrogen-bond donors (Lipinski definition) is 0. The number of alkyl halides is 3. The second-order valence-corrected chi connectivity index (χ2v) is 7.68. The van der Waals surface area contributed by atoms with E-state index in [4.69, 9.17) is 14.3 Å². The Morgan fingerprint density at radius 3 is 2.62 bits per heavy atom. The van der Waals surface area contributed by atoms with Crippen molar-refractivity contribution in [1.82, 2.24) is 0 Å². The second-order valence-electron chi connectivity index (χ2n) is 6.77. The Kier molecular flexibility index (Phi) is 7.19. The Balaban J connectivity index is 1.80. The molecule has 168 valence electrons. The zero-order valence-corrected chi connectivity index (χ0v) is 18.3. The first-order chi connectivity index (χ1) is 15.2. The number of ether oxygens (including phenoxy) is 2. The van der Waals surface area contributed by atoms with Crippen LogP contribution in [-0.4, -0.2) is 25.9 Å². The zero-order valence-electron chi connectivity index (χ0n) is 17.5. The maximum atomic E-state index is 12.9. The maximum Gasteiger partial charge on any atom is 0.416 e. The summed E-state index contributed by atoms with van der Waals surface area (Å²) in [6.07, 6.45) is -3.09. The molecule has 0 unspecified atom stereocenters. The molecule has 0 saturated carbocycles. The van der Waals surface area contributed by atoms with Crippen LogP contribution in [0.2, 0.25) is 0 Å². The van der Waals surface area contributed by atoms with Gasteiger partial charge in [0.25, 0.3) is 0 Å². The molecule has 0 amide bonds. The van der Waals surface area contributed by atoms with Gasteiger partial charge in [-0.05, 0) is 42.3 Å². The number of nitrogens with zero attached hydrogens (tertiary/aromatic N) is 1. The molecule has 0 N–H and O–H groups in total. The number of halogens is 3. The zero-order chi connectivity index (χ0) is 23.3. The second kappa shape index (κ2) is 9.86. The van der Waals surface area contributed by atoms with Gasteiger partial charge in [-0.1, -0.05) is 23.4 Å². The molecular weight excluding hydrogens is 443 g/mol. The fourth-order valence-corrected chi connectivity index (χ4v) is 3.94. The first kappa shape index (κ1) is 23.3. The van der Waals surface area contributed by atoms with Crippen molar-refractivity contribution in [3.8, 4) is 0 Å². The molecule has 0 bridgehead atoms. The number of carbonyl (C=O) groups excluding carboxylic acids is 1. The monoisotopic (exact) mass is 463 g/mol. The normalized spacial score (nSPS) is 12.7. The third kappa shape index (κ3) is 5.28. The fraction of sp³-hybridized carbons (Fsp3) is 0.217. The first-order valence-electron chi connectivity index (χ1n) is 9.40. The Morgan fingerprint density at radius 2 is 1.94 bits per heavy atom. The smallest absolute Gasteiger partial charge is 0.416 e. The summed E-state index contributed by atoms with van der Waals surface area (Å²) in [4.78, 5) is 17.5. The summed E-state index contributed by atoms with van der Waals surface area (Å²) >= 11 is 1.47. The number of oxime groups is 1. The van der Waals surface area contributed by atoms with E-state index in [9.17, 15) is 18.0 Å². The van der Waals surface area contributed by atoms with Crippen LogP contribution in [-0.2, 0) is 31.9 Å². The maximum absolute atomic E-state index is 12.9. The highest BCUT2D eigenvalue weighted by atomic mass is 32.1. The van der Waals surface area contributed by atoms with E-state index in [-0.39, 0.29) is 12.2 Å². The Bertz CT molecular complexity index is 1180. The van der Waals surface area contributed by atoms with Crippen molar-refractivity contribution in [2.24, 2.45) is 5.16 Å². The molecule has 1 heterocycles. The number of benzene rings is 2. The van der Waals surface area contributed by atoms with Gasteiger partial charge in [-0.2, -0.15) is 13.2 Å². The van der Waals surface area contributed by atoms with Crippen LogP contribution in [0.3, 0.4) is 0 Å². The van der Waals surface area contributed by atoms with E-state index < -0.39 is 17.7 Å². The van der Waals surface area contributed by atoms with Crippen molar-refractivity contribution >= 4 is 38.7 Å². The van der Waals surface area contributed by atoms with E-state index in [1.807, 2.05) is 23.6 Å². The minimum Gasteiger partial charge on any atom is -0.503 e. The molecule has 3 aromatic rings. The summed E-state index contributed by atoms with van der Waals surface area (Å²) in [5, 5.41) is 6.62. The molecule has 2 aromatic carbocycles. The fourth-order valence-electron chi connectivity index (χ4n) is 3.00. The van der Waals surface area contributed by atoms with Gasteiger partial charge in [0.1, 0.15) is 12.2 Å². The van der Waals surface area contributed by atoms with Crippen molar-refractivity contribution < 1.29 is 32.3 Å². The van der Waals surface area contributed by atoms with Crippen LogP contribution in [0.15, 0.2) is 59.3 Å². The molecule has 0 aliphatic heterocycles. The van der Waals surface area contributed by atoms with E-state index in [0.29, 0.717) is 16.8 Å². The standard InChI is InChI=1S/C23H20F3NO4S/c1-14(16-5-4-6-17(10-16)23(24,25)26)27-31-11-15-7-8-21-18(9-15)20(13-32-21)19(12-29-2)22(28)30-3/h4-10,12-13H,11H2,1-3H3. The molecule has 1 aromatic heterocycles. The Labute approximate surface area is 186 Å². The average molecular weight is 463 g/mol. The lowest BCUT2D eigenvalue weighted by Gasteiger charge is -2.09. The lowest BCUT2D eigenvalue weighted by molar-refractivity contribution is -0.137. The van der Waals surface area contributed by atoms with Gasteiger partial charge in [0.2, 0.25) is 0 Å². The van der Waals surface area contributed by atoms with E-state index in [2.05, 4.69) is 5.16 Å². The van der Waals surface area contributed by atoms with Gasteiger partial charge in [-0.25, -0.2) is 4.79 Å². The molecule has 0 radical (unpaired) electrons. The number of carbonyl (C=O) groups is 1. The molecule has 0 atom stereocenters. The van der Waals surface area contributed by atoms with E-state index in [1.165, 1.54) is 44.0 Å². The highest BCUT2D eigenvalue weighted by molar-refractivity contribution is 7.17. The lowest BCUT2D eigenvalue weighted by Crippen LogP contribution is -2.06. The minimum atomic E-state index is -4.43. The highest BCUT2D eigenvalue weighted by Crippen LogP contribution is 2.33. The molecule has 0 spiro atoms. The van der Waals surface area contributed by atoms with Crippen molar-refractivity contribution in [2.75, 3.05) is 14.2 Å². The number of hydrogen-bond acceptors (Lipinski definition) is 6. The van der Waals surface area contributed by atoms with Crippen LogP contribution in [0.1, 0.15) is 29.2 Å². The predicted molar refractivity (Wildman–Crippen MR) is 117 cm³/mol. The lowest BCUT2D eigenvalue weighted by atomic mass is 10.0. The summed E-state index contributed by atoms with van der Waals surface area (Å²) < 4.78 is 49.5. The van der Waals surface area contributed by atoms with E-state index in [1.54, 1.807) is 6.92 Å². The third-order valence-corrected chi connectivity index (χ3v) is 5.57. The van der Waals surface area contributed by atoms with Crippen LogP contribution in [0.25, 0.3) is 15.7 Å². The summed E-state index contributed by atoms with van der Waals surface area (Å²) in [6, 6.07) is 10.5. The van der Waals surface area contributed by atoms with Gasteiger partial charge in [0.05, 0.1) is 31.8 Å². The number of methoxy groups -OCH3 is 2. The predicted octanol–water partition coefficient (Wildman–Crippen LogP) is 6.02. The molecule has 0 saturated heterocycles.